The molecule has 0 aromatic heterocycles. The standard InChI is InChI=1S/C33H29N5O2S/c39-31(27(21-22-11-4-1-5-12-22)35-33(41)34-25-16-8-3-9-17-25)37-30-32(40)38-20-19-24-15-10-18-26(29(24)38)28(36-30)23-13-6-2-7-14-23/h1-18,27,30H,19-21H2,(H,37,39)(H2,34,35,41)/t27-,30+/m0/s1. The van der Waals surface area contributed by atoms with Crippen molar-refractivity contribution in [3.8, 4) is 0 Å². The molecule has 2 heterocycles. The number of rotatable bonds is 7. The molecule has 8 heteroatoms. The first-order valence-corrected chi connectivity index (χ1v) is 14.0. The summed E-state index contributed by atoms with van der Waals surface area (Å²) in [5.74, 6) is -0.620. The van der Waals surface area contributed by atoms with Gasteiger partial charge >= 0.3 is 0 Å². The van der Waals surface area contributed by atoms with Gasteiger partial charge in [-0.05, 0) is 41.9 Å². The summed E-state index contributed by atoms with van der Waals surface area (Å²) in [6.45, 7) is 0.548. The van der Waals surface area contributed by atoms with Crippen LogP contribution in [-0.2, 0) is 22.4 Å². The SMILES string of the molecule is O=C(N[C@H]1N=C(c2ccccc2)c2cccc3c2N(CC3)C1=O)[C@H](Cc1ccccc1)NC(=S)Nc1ccccc1. The van der Waals surface area contributed by atoms with Gasteiger partial charge in [-0.2, -0.15) is 0 Å². The van der Waals surface area contributed by atoms with Crippen molar-refractivity contribution in [1.82, 2.24) is 10.6 Å². The van der Waals surface area contributed by atoms with Crippen LogP contribution < -0.4 is 20.9 Å². The average Bonchev–Trinajstić information content (AvgIpc) is 3.40. The number of thiocarbonyl (C=S) groups is 1. The molecule has 0 unspecified atom stereocenters. The zero-order chi connectivity index (χ0) is 28.2. The Labute approximate surface area is 244 Å². The highest BCUT2D eigenvalue weighted by molar-refractivity contribution is 7.80. The van der Waals surface area contributed by atoms with Crippen molar-refractivity contribution >= 4 is 46.2 Å². The Kier molecular flexibility index (Phi) is 7.56. The molecule has 0 saturated carbocycles. The van der Waals surface area contributed by atoms with Gasteiger partial charge in [-0.1, -0.05) is 97.1 Å². The summed E-state index contributed by atoms with van der Waals surface area (Å²) in [7, 11) is 0. The molecule has 0 fully saturated rings. The predicted molar refractivity (Wildman–Crippen MR) is 166 cm³/mol. The summed E-state index contributed by atoms with van der Waals surface area (Å²) in [5, 5.41) is 9.56. The Morgan fingerprint density at radius 1 is 0.902 bits per heavy atom. The van der Waals surface area contributed by atoms with Crippen molar-refractivity contribution in [2.75, 3.05) is 16.8 Å². The molecule has 6 rings (SSSR count). The van der Waals surface area contributed by atoms with E-state index < -0.39 is 12.2 Å². The number of carbonyl (C=O) groups is 2. The summed E-state index contributed by atoms with van der Waals surface area (Å²) in [4.78, 5) is 34.4. The lowest BCUT2D eigenvalue weighted by Gasteiger charge is -2.24. The van der Waals surface area contributed by atoms with E-state index in [-0.39, 0.29) is 11.8 Å². The third-order valence-electron chi connectivity index (χ3n) is 7.27. The molecular formula is C33H29N5O2S. The second-order valence-corrected chi connectivity index (χ2v) is 10.4. The van der Waals surface area contributed by atoms with Gasteiger partial charge in [0.05, 0.1) is 11.4 Å². The minimum absolute atomic E-state index is 0.251. The fourth-order valence-electron chi connectivity index (χ4n) is 5.33. The molecule has 4 aromatic rings. The zero-order valence-corrected chi connectivity index (χ0v) is 23.1. The Bertz CT molecular complexity index is 1610. The Morgan fingerprint density at radius 3 is 2.32 bits per heavy atom. The van der Waals surface area contributed by atoms with E-state index in [1.165, 1.54) is 0 Å². The smallest absolute Gasteiger partial charge is 0.272 e. The van der Waals surface area contributed by atoms with Gasteiger partial charge in [0.15, 0.2) is 5.11 Å². The van der Waals surface area contributed by atoms with Crippen molar-refractivity contribution in [1.29, 1.82) is 0 Å². The highest BCUT2D eigenvalue weighted by Gasteiger charge is 2.37. The molecule has 204 valence electrons. The molecule has 2 atom stereocenters. The minimum atomic E-state index is -1.09. The third kappa shape index (κ3) is 5.73. The highest BCUT2D eigenvalue weighted by atomic mass is 32.1. The molecule has 3 N–H and O–H groups in total. The number of nitrogens with one attached hydrogen (secondary N) is 3. The Balaban J connectivity index is 1.31. The summed E-state index contributed by atoms with van der Waals surface area (Å²) in [6, 6.07) is 34.3. The lowest BCUT2D eigenvalue weighted by atomic mass is 9.98. The minimum Gasteiger partial charge on any atom is -0.350 e. The number of nitrogens with zero attached hydrogens (tertiary/aromatic N) is 2. The summed E-state index contributed by atoms with van der Waals surface area (Å²) < 4.78 is 0. The first-order valence-electron chi connectivity index (χ1n) is 13.6. The molecule has 4 aromatic carbocycles. The second-order valence-electron chi connectivity index (χ2n) is 10.0. The van der Waals surface area contributed by atoms with Gasteiger partial charge in [0.1, 0.15) is 6.04 Å². The van der Waals surface area contributed by atoms with E-state index >= 15 is 0 Å². The third-order valence-corrected chi connectivity index (χ3v) is 7.49. The maximum atomic E-state index is 13.9. The molecule has 0 radical (unpaired) electrons. The molecular weight excluding hydrogens is 530 g/mol. The Morgan fingerprint density at radius 2 is 1.59 bits per heavy atom. The van der Waals surface area contributed by atoms with Crippen LogP contribution in [0.1, 0.15) is 22.3 Å². The van der Waals surface area contributed by atoms with Crippen molar-refractivity contribution < 1.29 is 9.59 Å². The van der Waals surface area contributed by atoms with E-state index in [1.54, 1.807) is 4.90 Å². The van der Waals surface area contributed by atoms with Crippen molar-refractivity contribution in [2.45, 2.75) is 25.0 Å². The second kappa shape index (κ2) is 11.7. The highest BCUT2D eigenvalue weighted by Crippen LogP contribution is 2.36. The topological polar surface area (TPSA) is 85.8 Å². The summed E-state index contributed by atoms with van der Waals surface area (Å²) in [6.07, 6.45) is 0.0368. The largest absolute Gasteiger partial charge is 0.350 e. The molecule has 2 aliphatic heterocycles. The van der Waals surface area contributed by atoms with Crippen LogP contribution in [0.4, 0.5) is 11.4 Å². The molecule has 2 aliphatic rings. The number of aliphatic imine (C=N–C) groups is 1. The van der Waals surface area contributed by atoms with Gasteiger partial charge in [-0.3, -0.25) is 9.59 Å². The van der Waals surface area contributed by atoms with Gasteiger partial charge in [0.25, 0.3) is 5.91 Å². The van der Waals surface area contributed by atoms with Crippen LogP contribution >= 0.6 is 12.2 Å². The number of hydrogen-bond acceptors (Lipinski definition) is 4. The number of hydrogen-bond donors (Lipinski definition) is 3. The predicted octanol–water partition coefficient (Wildman–Crippen LogP) is 4.47. The first kappa shape index (κ1) is 26.4. The van der Waals surface area contributed by atoms with Crippen molar-refractivity contribution in [3.63, 3.8) is 0 Å². The first-order chi connectivity index (χ1) is 20.1. The van der Waals surface area contributed by atoms with Crippen LogP contribution in [0.25, 0.3) is 0 Å². The van der Waals surface area contributed by atoms with Crippen LogP contribution in [-0.4, -0.2) is 41.4 Å². The van der Waals surface area contributed by atoms with E-state index in [4.69, 9.17) is 17.2 Å². The quantitative estimate of drug-likeness (QED) is 0.291. The van der Waals surface area contributed by atoms with Gasteiger partial charge in [-0.15, -0.1) is 0 Å². The fourth-order valence-corrected chi connectivity index (χ4v) is 5.59. The summed E-state index contributed by atoms with van der Waals surface area (Å²) >= 11 is 5.57. The number of amides is 2. The van der Waals surface area contributed by atoms with Gasteiger partial charge in [0, 0.05) is 29.8 Å². The van der Waals surface area contributed by atoms with Crippen LogP contribution in [0.15, 0.2) is 114 Å². The monoisotopic (exact) mass is 559 g/mol. The maximum Gasteiger partial charge on any atom is 0.272 e. The average molecular weight is 560 g/mol. The molecule has 7 nitrogen and oxygen atoms in total. The van der Waals surface area contributed by atoms with Crippen molar-refractivity contribution in [2.24, 2.45) is 4.99 Å². The molecule has 0 aliphatic carbocycles. The normalized spacial score (nSPS) is 16.2. The molecule has 41 heavy (non-hydrogen) atoms. The van der Waals surface area contributed by atoms with Crippen LogP contribution in [0.5, 0.6) is 0 Å². The molecule has 0 bridgehead atoms. The lowest BCUT2D eigenvalue weighted by Crippen LogP contribution is -2.54. The number of carbonyl (C=O) groups excluding carboxylic acids is 2. The van der Waals surface area contributed by atoms with E-state index in [0.717, 1.165) is 40.0 Å². The number of benzene rings is 4. The lowest BCUT2D eigenvalue weighted by molar-refractivity contribution is -0.128. The maximum absolute atomic E-state index is 13.9. The van der Waals surface area contributed by atoms with Crippen molar-refractivity contribution in [3.05, 3.63) is 131 Å². The van der Waals surface area contributed by atoms with E-state index in [2.05, 4.69) is 16.0 Å². The van der Waals surface area contributed by atoms with Crippen LogP contribution in [0, 0.1) is 0 Å². The fraction of sp³-hybridized carbons (Fsp3) is 0.152. The van der Waals surface area contributed by atoms with Gasteiger partial charge < -0.3 is 20.9 Å². The molecule has 0 spiro atoms. The zero-order valence-electron chi connectivity index (χ0n) is 22.3. The molecule has 0 saturated heterocycles. The van der Waals surface area contributed by atoms with Gasteiger partial charge in [0.2, 0.25) is 12.1 Å². The van der Waals surface area contributed by atoms with E-state index in [0.29, 0.717) is 23.8 Å². The van der Waals surface area contributed by atoms with Crippen LogP contribution in [0.3, 0.4) is 0 Å². The molecule has 2 amide bonds. The summed E-state index contributed by atoms with van der Waals surface area (Å²) in [5.41, 5.74) is 6.20. The van der Waals surface area contributed by atoms with E-state index in [1.807, 2.05) is 109 Å². The van der Waals surface area contributed by atoms with Crippen LogP contribution in [0.2, 0.25) is 0 Å². The number of anilines is 2. The van der Waals surface area contributed by atoms with E-state index in [9.17, 15) is 9.59 Å². The Hall–Kier alpha value is -4.82. The number of para-hydroxylation sites is 2. The van der Waals surface area contributed by atoms with Gasteiger partial charge in [-0.25, -0.2) is 4.99 Å².